The summed E-state index contributed by atoms with van der Waals surface area (Å²) in [6.07, 6.45) is 6.83. The van der Waals surface area contributed by atoms with Gasteiger partial charge in [-0.2, -0.15) is 0 Å². The van der Waals surface area contributed by atoms with Crippen LogP contribution in [0.15, 0.2) is 24.3 Å². The molecule has 0 nitrogen and oxygen atoms in total. The molecule has 0 aliphatic heterocycles. The Morgan fingerprint density at radius 2 is 1.82 bits per heavy atom. The Kier molecular flexibility index (Phi) is 4.25. The van der Waals surface area contributed by atoms with Gasteiger partial charge < -0.3 is 0 Å². The molecular weight excluding hydrogens is 204 g/mol. The van der Waals surface area contributed by atoms with Crippen molar-refractivity contribution in [2.75, 3.05) is 0 Å². The second-order valence-corrected chi connectivity index (χ2v) is 6.05. The van der Waals surface area contributed by atoms with Gasteiger partial charge in [-0.05, 0) is 48.1 Å². The second-order valence-electron chi connectivity index (χ2n) is 6.05. The molecule has 0 radical (unpaired) electrons. The SMILES string of the molecule is CCC1CCC[C@H]1c1ccc(CC(C)C)cc1. The molecular formula is C17H26. The third kappa shape index (κ3) is 3.12. The molecule has 0 spiro atoms. The standard InChI is InChI=1S/C17H26/c1-4-15-6-5-7-17(15)16-10-8-14(9-11-16)12-13(2)3/h8-11,13,15,17H,4-7,12H2,1-3H3/t15?,17-/m1/s1. The van der Waals surface area contributed by atoms with Gasteiger partial charge in [0.05, 0.1) is 0 Å². The van der Waals surface area contributed by atoms with Crippen molar-refractivity contribution in [2.45, 2.75) is 58.8 Å². The Morgan fingerprint density at radius 1 is 1.12 bits per heavy atom. The number of benzene rings is 1. The summed E-state index contributed by atoms with van der Waals surface area (Å²) in [5.74, 6) is 2.54. The molecule has 17 heavy (non-hydrogen) atoms. The summed E-state index contributed by atoms with van der Waals surface area (Å²) < 4.78 is 0. The van der Waals surface area contributed by atoms with Gasteiger partial charge in [0.1, 0.15) is 0 Å². The fourth-order valence-electron chi connectivity index (χ4n) is 3.34. The molecule has 1 unspecified atom stereocenters. The van der Waals surface area contributed by atoms with Crippen LogP contribution in [0.5, 0.6) is 0 Å². The van der Waals surface area contributed by atoms with Crippen molar-refractivity contribution in [1.29, 1.82) is 0 Å². The third-order valence-corrected chi connectivity index (χ3v) is 4.24. The van der Waals surface area contributed by atoms with Gasteiger partial charge >= 0.3 is 0 Å². The fourth-order valence-corrected chi connectivity index (χ4v) is 3.34. The Morgan fingerprint density at radius 3 is 2.41 bits per heavy atom. The van der Waals surface area contributed by atoms with E-state index in [-0.39, 0.29) is 0 Å². The Hall–Kier alpha value is -0.780. The Balaban J connectivity index is 2.07. The first kappa shape index (κ1) is 12.7. The zero-order valence-corrected chi connectivity index (χ0v) is 11.6. The molecule has 2 rings (SSSR count). The van der Waals surface area contributed by atoms with Gasteiger partial charge in [-0.25, -0.2) is 0 Å². The highest BCUT2D eigenvalue weighted by molar-refractivity contribution is 5.27. The molecule has 0 saturated heterocycles. The predicted octanol–water partition coefficient (Wildman–Crippen LogP) is 5.18. The average molecular weight is 230 g/mol. The van der Waals surface area contributed by atoms with Crippen LogP contribution in [0, 0.1) is 11.8 Å². The quantitative estimate of drug-likeness (QED) is 0.668. The highest BCUT2D eigenvalue weighted by atomic mass is 14.3. The number of hydrogen-bond acceptors (Lipinski definition) is 0. The summed E-state index contributed by atoms with van der Waals surface area (Å²) in [5, 5.41) is 0. The van der Waals surface area contributed by atoms with E-state index in [1.807, 2.05) is 0 Å². The molecule has 94 valence electrons. The third-order valence-electron chi connectivity index (χ3n) is 4.24. The van der Waals surface area contributed by atoms with Crippen molar-refractivity contribution < 1.29 is 0 Å². The van der Waals surface area contributed by atoms with Crippen molar-refractivity contribution in [3.05, 3.63) is 35.4 Å². The largest absolute Gasteiger partial charge is 0.0651 e. The first-order chi connectivity index (χ1) is 8.20. The molecule has 0 N–H and O–H groups in total. The summed E-state index contributed by atoms with van der Waals surface area (Å²) in [4.78, 5) is 0. The molecule has 0 amide bonds. The van der Waals surface area contributed by atoms with Crippen molar-refractivity contribution in [1.82, 2.24) is 0 Å². The van der Waals surface area contributed by atoms with Crippen LogP contribution in [0.25, 0.3) is 0 Å². The lowest BCUT2D eigenvalue weighted by atomic mass is 9.86. The maximum absolute atomic E-state index is 2.39. The van der Waals surface area contributed by atoms with Crippen molar-refractivity contribution in [2.24, 2.45) is 11.8 Å². The molecule has 0 aromatic heterocycles. The molecule has 0 heterocycles. The molecule has 2 atom stereocenters. The van der Waals surface area contributed by atoms with E-state index >= 15 is 0 Å². The van der Waals surface area contributed by atoms with Gasteiger partial charge in [0, 0.05) is 0 Å². The van der Waals surface area contributed by atoms with E-state index in [1.54, 1.807) is 5.56 Å². The lowest BCUT2D eigenvalue weighted by Crippen LogP contribution is -2.05. The van der Waals surface area contributed by atoms with Crippen molar-refractivity contribution >= 4 is 0 Å². The van der Waals surface area contributed by atoms with Gasteiger partial charge in [0.25, 0.3) is 0 Å². The normalized spacial score (nSPS) is 24.5. The van der Waals surface area contributed by atoms with Crippen LogP contribution in [0.2, 0.25) is 0 Å². The van der Waals surface area contributed by atoms with E-state index < -0.39 is 0 Å². The number of rotatable bonds is 4. The Labute approximate surface area is 106 Å². The van der Waals surface area contributed by atoms with Gasteiger partial charge in [-0.15, -0.1) is 0 Å². The van der Waals surface area contributed by atoms with E-state index in [0.717, 1.165) is 17.8 Å². The van der Waals surface area contributed by atoms with Crippen LogP contribution in [0.3, 0.4) is 0 Å². The van der Waals surface area contributed by atoms with Crippen LogP contribution < -0.4 is 0 Å². The van der Waals surface area contributed by atoms with Crippen molar-refractivity contribution in [3.63, 3.8) is 0 Å². The van der Waals surface area contributed by atoms with Crippen LogP contribution in [-0.2, 0) is 6.42 Å². The topological polar surface area (TPSA) is 0 Å². The zero-order chi connectivity index (χ0) is 12.3. The van der Waals surface area contributed by atoms with E-state index in [4.69, 9.17) is 0 Å². The van der Waals surface area contributed by atoms with E-state index in [9.17, 15) is 0 Å². The molecule has 1 aliphatic rings. The minimum atomic E-state index is 0.760. The fraction of sp³-hybridized carbons (Fsp3) is 0.647. The first-order valence-electron chi connectivity index (χ1n) is 7.29. The average Bonchev–Trinajstić information content (AvgIpc) is 2.77. The van der Waals surface area contributed by atoms with E-state index in [0.29, 0.717) is 0 Å². The maximum Gasteiger partial charge on any atom is -0.0134 e. The summed E-state index contributed by atoms with van der Waals surface area (Å²) in [6, 6.07) is 9.47. The van der Waals surface area contributed by atoms with Gasteiger partial charge in [-0.1, -0.05) is 57.9 Å². The highest BCUT2D eigenvalue weighted by Gasteiger charge is 2.26. The molecule has 1 saturated carbocycles. The lowest BCUT2D eigenvalue weighted by molar-refractivity contribution is 0.469. The second kappa shape index (κ2) is 5.71. The van der Waals surface area contributed by atoms with E-state index in [2.05, 4.69) is 45.0 Å². The monoisotopic (exact) mass is 230 g/mol. The van der Waals surface area contributed by atoms with Crippen LogP contribution in [0.1, 0.15) is 63.5 Å². The molecule has 1 fully saturated rings. The smallest absolute Gasteiger partial charge is 0.0134 e. The summed E-state index contributed by atoms with van der Waals surface area (Å²) in [7, 11) is 0. The predicted molar refractivity (Wildman–Crippen MR) is 75.4 cm³/mol. The summed E-state index contributed by atoms with van der Waals surface area (Å²) in [5.41, 5.74) is 3.08. The summed E-state index contributed by atoms with van der Waals surface area (Å²) >= 11 is 0. The molecule has 1 aliphatic carbocycles. The minimum Gasteiger partial charge on any atom is -0.0651 e. The zero-order valence-electron chi connectivity index (χ0n) is 11.6. The lowest BCUT2D eigenvalue weighted by Gasteiger charge is -2.18. The minimum absolute atomic E-state index is 0.760. The van der Waals surface area contributed by atoms with Crippen LogP contribution in [-0.4, -0.2) is 0 Å². The molecule has 0 bridgehead atoms. The van der Waals surface area contributed by atoms with Gasteiger partial charge in [-0.3, -0.25) is 0 Å². The highest BCUT2D eigenvalue weighted by Crippen LogP contribution is 2.41. The van der Waals surface area contributed by atoms with E-state index in [1.165, 1.54) is 37.7 Å². The number of hydrogen-bond donors (Lipinski definition) is 0. The van der Waals surface area contributed by atoms with Gasteiger partial charge in [0.15, 0.2) is 0 Å². The molecule has 1 aromatic rings. The first-order valence-corrected chi connectivity index (χ1v) is 7.29. The molecule has 0 heteroatoms. The van der Waals surface area contributed by atoms with Gasteiger partial charge in [0.2, 0.25) is 0 Å². The van der Waals surface area contributed by atoms with Crippen LogP contribution >= 0.6 is 0 Å². The van der Waals surface area contributed by atoms with Crippen molar-refractivity contribution in [3.8, 4) is 0 Å². The molecule has 1 aromatic carbocycles. The van der Waals surface area contributed by atoms with Crippen LogP contribution in [0.4, 0.5) is 0 Å². The summed E-state index contributed by atoms with van der Waals surface area (Å²) in [6.45, 7) is 6.92. The maximum atomic E-state index is 2.39. The Bertz CT molecular complexity index is 334.